The van der Waals surface area contributed by atoms with E-state index in [1.54, 1.807) is 6.08 Å². The molecular weight excluding hydrogens is 670 g/mol. The topological polar surface area (TPSA) is 149 Å². The van der Waals surface area contributed by atoms with Gasteiger partial charge in [-0.3, -0.25) is 4.79 Å². The van der Waals surface area contributed by atoms with Crippen LogP contribution in [-0.2, 0) is 14.3 Å². The van der Waals surface area contributed by atoms with E-state index in [9.17, 15) is 30.3 Å². The molecule has 1 amide bonds. The number of unbranched alkanes of at least 4 members (excludes halogenated alkanes) is 27. The molecule has 1 aliphatic rings. The van der Waals surface area contributed by atoms with Crippen LogP contribution in [-0.4, -0.2) is 87.5 Å². The Morgan fingerprint density at radius 2 is 1.04 bits per heavy atom. The Bertz CT molecular complexity index is 842. The first-order chi connectivity index (χ1) is 25.8. The molecule has 6 N–H and O–H groups in total. The van der Waals surface area contributed by atoms with E-state index in [1.165, 1.54) is 148 Å². The van der Waals surface area contributed by atoms with Crippen molar-refractivity contribution in [3.63, 3.8) is 0 Å². The summed E-state index contributed by atoms with van der Waals surface area (Å²) in [6.45, 7) is 3.78. The van der Waals surface area contributed by atoms with Crippen molar-refractivity contribution in [2.24, 2.45) is 0 Å². The van der Waals surface area contributed by atoms with Gasteiger partial charge in [0.2, 0.25) is 5.91 Å². The number of aliphatic hydroxyl groups is 5. The predicted octanol–water partition coefficient (Wildman–Crippen LogP) is 8.95. The third-order valence-corrected chi connectivity index (χ3v) is 10.9. The minimum absolute atomic E-state index is 0.175. The molecule has 314 valence electrons. The molecule has 0 aromatic carbocycles. The van der Waals surface area contributed by atoms with Gasteiger partial charge in [-0.2, -0.15) is 0 Å². The number of allylic oxidation sites excluding steroid dienone is 1. The van der Waals surface area contributed by atoms with E-state index in [1.807, 2.05) is 6.08 Å². The van der Waals surface area contributed by atoms with Gasteiger partial charge >= 0.3 is 0 Å². The van der Waals surface area contributed by atoms with Crippen LogP contribution in [0.1, 0.15) is 206 Å². The van der Waals surface area contributed by atoms with E-state index in [4.69, 9.17) is 9.47 Å². The zero-order valence-corrected chi connectivity index (χ0v) is 34.3. The van der Waals surface area contributed by atoms with Gasteiger partial charge in [0.1, 0.15) is 24.4 Å². The second kappa shape index (κ2) is 35.4. The van der Waals surface area contributed by atoms with Crippen LogP contribution in [0, 0.1) is 0 Å². The normalized spacial score (nSPS) is 21.7. The number of ether oxygens (including phenoxy) is 2. The second-order valence-corrected chi connectivity index (χ2v) is 15.9. The molecule has 7 unspecified atom stereocenters. The monoisotopic (exact) mass is 756 g/mol. The Kier molecular flexibility index (Phi) is 33.3. The second-order valence-electron chi connectivity index (χ2n) is 15.9. The standard InChI is InChI=1S/C44H85NO8/c1-3-5-7-9-11-13-15-17-19-20-22-24-26-28-30-32-34-40(48)45-37(36-52-44-43(51)42(50)41(49)39(35-46)53-44)38(47)33-31-29-27-25-23-21-18-16-14-12-10-8-6-4-2/h31,33,37-39,41-44,46-47,49-51H,3-30,32,34-36H2,1-2H3,(H,45,48)/b33-31+. The molecule has 9 heteroatoms. The zero-order chi connectivity index (χ0) is 38.8. The van der Waals surface area contributed by atoms with Crippen molar-refractivity contribution in [3.05, 3.63) is 12.2 Å². The Hall–Kier alpha value is -1.07. The van der Waals surface area contributed by atoms with E-state index >= 15 is 0 Å². The van der Waals surface area contributed by atoms with Crippen molar-refractivity contribution >= 4 is 5.91 Å². The maximum atomic E-state index is 12.9. The zero-order valence-electron chi connectivity index (χ0n) is 34.3. The van der Waals surface area contributed by atoms with Crippen LogP contribution >= 0.6 is 0 Å². The summed E-state index contributed by atoms with van der Waals surface area (Å²) in [7, 11) is 0. The first-order valence-electron chi connectivity index (χ1n) is 22.4. The maximum absolute atomic E-state index is 12.9. The molecule has 0 aromatic heterocycles. The van der Waals surface area contributed by atoms with Gasteiger partial charge in [0.25, 0.3) is 0 Å². The molecule has 0 radical (unpaired) electrons. The van der Waals surface area contributed by atoms with Crippen LogP contribution < -0.4 is 5.32 Å². The third-order valence-electron chi connectivity index (χ3n) is 10.9. The molecule has 1 fully saturated rings. The Morgan fingerprint density at radius 3 is 1.47 bits per heavy atom. The minimum atomic E-state index is -1.56. The van der Waals surface area contributed by atoms with Gasteiger partial charge < -0.3 is 40.3 Å². The van der Waals surface area contributed by atoms with Crippen LogP contribution in [0.2, 0.25) is 0 Å². The molecule has 0 bridgehead atoms. The van der Waals surface area contributed by atoms with Gasteiger partial charge in [-0.1, -0.05) is 193 Å². The Labute approximate surface area is 325 Å². The van der Waals surface area contributed by atoms with Crippen LogP contribution in [0.4, 0.5) is 0 Å². The fourth-order valence-corrected chi connectivity index (χ4v) is 7.21. The van der Waals surface area contributed by atoms with Gasteiger partial charge in [0.05, 0.1) is 25.4 Å². The van der Waals surface area contributed by atoms with Gasteiger partial charge in [-0.15, -0.1) is 0 Å². The highest BCUT2D eigenvalue weighted by molar-refractivity contribution is 5.76. The number of rotatable bonds is 37. The van der Waals surface area contributed by atoms with Crippen LogP contribution in [0.3, 0.4) is 0 Å². The summed E-state index contributed by atoms with van der Waals surface area (Å²) in [4.78, 5) is 12.9. The lowest BCUT2D eigenvalue weighted by atomic mass is 9.99. The molecule has 1 saturated heterocycles. The van der Waals surface area contributed by atoms with E-state index in [0.717, 1.165) is 38.5 Å². The smallest absolute Gasteiger partial charge is 0.220 e. The van der Waals surface area contributed by atoms with Crippen molar-refractivity contribution < 1.29 is 39.8 Å². The first kappa shape index (κ1) is 49.9. The summed E-state index contributed by atoms with van der Waals surface area (Å²) in [5, 5.41) is 54.1. The number of aliphatic hydroxyl groups excluding tert-OH is 5. The van der Waals surface area contributed by atoms with Gasteiger partial charge in [-0.05, 0) is 19.3 Å². The van der Waals surface area contributed by atoms with Gasteiger partial charge in [-0.25, -0.2) is 0 Å². The van der Waals surface area contributed by atoms with E-state index < -0.39 is 49.5 Å². The van der Waals surface area contributed by atoms with E-state index in [2.05, 4.69) is 19.2 Å². The van der Waals surface area contributed by atoms with Crippen molar-refractivity contribution in [1.82, 2.24) is 5.32 Å². The minimum Gasteiger partial charge on any atom is -0.394 e. The molecule has 0 spiro atoms. The van der Waals surface area contributed by atoms with Crippen molar-refractivity contribution in [2.75, 3.05) is 13.2 Å². The summed E-state index contributed by atoms with van der Waals surface area (Å²) in [5.74, 6) is -0.175. The van der Waals surface area contributed by atoms with Crippen LogP contribution in [0.5, 0.6) is 0 Å². The summed E-state index contributed by atoms with van der Waals surface area (Å²) in [6.07, 6.45) is 32.5. The summed E-state index contributed by atoms with van der Waals surface area (Å²) < 4.78 is 11.2. The molecule has 1 rings (SSSR count). The molecule has 0 saturated carbocycles. The average Bonchev–Trinajstić information content (AvgIpc) is 3.16. The molecule has 0 aromatic rings. The fourth-order valence-electron chi connectivity index (χ4n) is 7.21. The van der Waals surface area contributed by atoms with Crippen LogP contribution in [0.25, 0.3) is 0 Å². The molecule has 0 aliphatic carbocycles. The van der Waals surface area contributed by atoms with Crippen LogP contribution in [0.15, 0.2) is 12.2 Å². The van der Waals surface area contributed by atoms with E-state index in [-0.39, 0.29) is 12.5 Å². The summed E-state index contributed by atoms with van der Waals surface area (Å²) in [6, 6.07) is -0.797. The highest BCUT2D eigenvalue weighted by Crippen LogP contribution is 2.23. The van der Waals surface area contributed by atoms with Crippen molar-refractivity contribution in [2.45, 2.75) is 249 Å². The number of carbonyl (C=O) groups excluding carboxylic acids is 1. The predicted molar refractivity (Wildman–Crippen MR) is 217 cm³/mol. The van der Waals surface area contributed by atoms with Crippen molar-refractivity contribution in [3.8, 4) is 0 Å². The number of nitrogens with one attached hydrogen (secondary N) is 1. The number of hydrogen-bond acceptors (Lipinski definition) is 8. The molecule has 9 nitrogen and oxygen atoms in total. The molecule has 53 heavy (non-hydrogen) atoms. The summed E-state index contributed by atoms with van der Waals surface area (Å²) in [5.41, 5.74) is 0. The van der Waals surface area contributed by atoms with E-state index in [0.29, 0.717) is 6.42 Å². The SMILES string of the molecule is CCCCCCCCCCCCCC/C=C/C(O)C(COC1OC(CO)C(O)C(O)C1O)NC(=O)CCCCCCCCCCCCCCCCCC. The number of carbonyl (C=O) groups is 1. The quantitative estimate of drug-likeness (QED) is 0.0272. The fraction of sp³-hybridized carbons (Fsp3) is 0.932. The number of amides is 1. The average molecular weight is 756 g/mol. The van der Waals surface area contributed by atoms with Gasteiger partial charge in [0, 0.05) is 6.42 Å². The highest BCUT2D eigenvalue weighted by Gasteiger charge is 2.44. The highest BCUT2D eigenvalue weighted by atomic mass is 16.7. The summed E-state index contributed by atoms with van der Waals surface area (Å²) >= 11 is 0. The lowest BCUT2D eigenvalue weighted by molar-refractivity contribution is -0.302. The molecule has 7 atom stereocenters. The largest absolute Gasteiger partial charge is 0.394 e. The first-order valence-corrected chi connectivity index (χ1v) is 22.4. The third kappa shape index (κ3) is 26.4. The van der Waals surface area contributed by atoms with Crippen molar-refractivity contribution in [1.29, 1.82) is 0 Å². The molecule has 1 heterocycles. The molecule has 1 aliphatic heterocycles. The Balaban J connectivity index is 2.37. The molecular formula is C44H85NO8. The Morgan fingerprint density at radius 1 is 0.623 bits per heavy atom. The lowest BCUT2D eigenvalue weighted by Crippen LogP contribution is -2.60. The van der Waals surface area contributed by atoms with Gasteiger partial charge in [0.15, 0.2) is 6.29 Å². The lowest BCUT2D eigenvalue weighted by Gasteiger charge is -2.40. The maximum Gasteiger partial charge on any atom is 0.220 e. The number of hydrogen-bond donors (Lipinski definition) is 6.